The van der Waals surface area contributed by atoms with Crippen LogP contribution in [0.15, 0.2) is 47.4 Å². The first-order valence-corrected chi connectivity index (χ1v) is 8.25. The number of amides is 1. The van der Waals surface area contributed by atoms with Crippen molar-refractivity contribution in [3.05, 3.63) is 59.2 Å². The molecule has 0 saturated heterocycles. The predicted octanol–water partition coefficient (Wildman–Crippen LogP) is -0.912. The van der Waals surface area contributed by atoms with Crippen LogP contribution in [0.2, 0.25) is 0 Å². The van der Waals surface area contributed by atoms with E-state index in [9.17, 15) is 18.0 Å². The van der Waals surface area contributed by atoms with Crippen LogP contribution in [0.5, 0.6) is 0 Å². The Bertz CT molecular complexity index is 945. The smallest absolute Gasteiger partial charge is 1.00 e. The fourth-order valence-corrected chi connectivity index (χ4v) is 3.06. The summed E-state index contributed by atoms with van der Waals surface area (Å²) in [5.41, 5.74) is 2.20. The third kappa shape index (κ3) is 3.31. The zero-order valence-electron chi connectivity index (χ0n) is 14.2. The summed E-state index contributed by atoms with van der Waals surface area (Å²) in [4.78, 5) is 25.2. The van der Waals surface area contributed by atoms with E-state index in [1.807, 2.05) is 31.2 Å². The maximum Gasteiger partial charge on any atom is 1.00 e. The Morgan fingerprint density at radius 2 is 1.79 bits per heavy atom. The van der Waals surface area contributed by atoms with E-state index in [0.29, 0.717) is 5.69 Å². The number of anilines is 1. The number of fused-ring (bicyclic) bond motifs is 1. The third-order valence-electron chi connectivity index (χ3n) is 3.83. The summed E-state index contributed by atoms with van der Waals surface area (Å²) in [6, 6.07) is 11.0. The van der Waals surface area contributed by atoms with Gasteiger partial charge in [-0.2, -0.15) is 8.42 Å². The summed E-state index contributed by atoms with van der Waals surface area (Å²) in [7, 11) is -4.43. The normalized spacial score (nSPS) is 13.7. The second kappa shape index (κ2) is 6.78. The second-order valence-corrected chi connectivity index (χ2v) is 6.72. The maximum atomic E-state index is 12.2. The van der Waals surface area contributed by atoms with Gasteiger partial charge < -0.3 is 6.33 Å². The Hall–Kier alpha value is -1.51. The van der Waals surface area contributed by atoms with E-state index in [2.05, 4.69) is 0 Å². The number of aryl methyl sites for hydroxylation is 1. The number of hydrogen-bond acceptors (Lipinski definition) is 4. The van der Waals surface area contributed by atoms with Crippen LogP contribution in [0.25, 0.3) is 0 Å². The molecule has 0 bridgehead atoms. The van der Waals surface area contributed by atoms with Crippen molar-refractivity contribution in [1.82, 2.24) is 0 Å². The van der Waals surface area contributed by atoms with Gasteiger partial charge in [0.2, 0.25) is 0 Å². The fraction of sp³-hybridized carbons (Fsp3) is 0.125. The standard InChI is InChI=1S/C16H13NO5S.Na.H/c1-10-4-2-3-5-11(10)9-17-14-7-6-12(23(20,21)22)8-13(14)15(18)16(17)19;;/h2-8H,9H2,1H3,(H,20,21,22);;/q;+1;-1. The molecule has 3 rings (SSSR count). The van der Waals surface area contributed by atoms with Crippen molar-refractivity contribution in [2.75, 3.05) is 4.90 Å². The Labute approximate surface area is 163 Å². The van der Waals surface area contributed by atoms with Crippen molar-refractivity contribution < 1.29 is 53.5 Å². The minimum Gasteiger partial charge on any atom is -1.00 e. The molecule has 1 amide bonds. The Balaban J connectivity index is 0.00000156. The van der Waals surface area contributed by atoms with Gasteiger partial charge in [-0.15, -0.1) is 0 Å². The summed E-state index contributed by atoms with van der Waals surface area (Å²) in [5, 5.41) is 0. The molecule has 120 valence electrons. The molecule has 6 nitrogen and oxygen atoms in total. The van der Waals surface area contributed by atoms with Gasteiger partial charge in [0.15, 0.2) is 0 Å². The zero-order valence-corrected chi connectivity index (χ0v) is 16.0. The number of hydrogen-bond donors (Lipinski definition) is 1. The largest absolute Gasteiger partial charge is 1.00 e. The number of nitrogens with zero attached hydrogens (tertiary/aromatic N) is 1. The summed E-state index contributed by atoms with van der Waals surface area (Å²) < 4.78 is 31.4. The number of benzene rings is 2. The van der Waals surface area contributed by atoms with Gasteiger partial charge in [0.1, 0.15) is 0 Å². The molecule has 1 aliphatic rings. The van der Waals surface area contributed by atoms with Crippen LogP contribution < -0.4 is 34.5 Å². The molecule has 2 aromatic rings. The predicted molar refractivity (Wildman–Crippen MR) is 84.1 cm³/mol. The molecule has 0 radical (unpaired) electrons. The molecule has 0 unspecified atom stereocenters. The van der Waals surface area contributed by atoms with E-state index < -0.39 is 26.7 Å². The van der Waals surface area contributed by atoms with E-state index in [1.54, 1.807) is 0 Å². The zero-order chi connectivity index (χ0) is 16.8. The Morgan fingerprint density at radius 3 is 2.42 bits per heavy atom. The molecule has 1 N–H and O–H groups in total. The van der Waals surface area contributed by atoms with Crippen molar-refractivity contribution >= 4 is 27.5 Å². The molecule has 0 atom stereocenters. The number of rotatable bonds is 3. The van der Waals surface area contributed by atoms with E-state index in [0.717, 1.165) is 17.2 Å². The molecule has 0 spiro atoms. The average molecular weight is 355 g/mol. The topological polar surface area (TPSA) is 91.8 Å². The first-order valence-electron chi connectivity index (χ1n) is 6.81. The molecule has 1 heterocycles. The SMILES string of the molecule is Cc1ccccc1CN1C(=O)C(=O)c2cc(S(=O)(=O)O)ccc21.[H-].[Na+]. The average Bonchev–Trinajstić information content (AvgIpc) is 2.73. The van der Waals surface area contributed by atoms with E-state index in [1.165, 1.54) is 17.0 Å². The molecule has 0 saturated carbocycles. The van der Waals surface area contributed by atoms with Gasteiger partial charge in [0, 0.05) is 0 Å². The van der Waals surface area contributed by atoms with Crippen LogP contribution in [0.1, 0.15) is 22.9 Å². The van der Waals surface area contributed by atoms with Gasteiger partial charge in [0.25, 0.3) is 21.8 Å². The van der Waals surface area contributed by atoms with Crippen LogP contribution in [-0.2, 0) is 21.5 Å². The summed E-state index contributed by atoms with van der Waals surface area (Å²) >= 11 is 0. The van der Waals surface area contributed by atoms with Gasteiger partial charge in [-0.25, -0.2) is 0 Å². The van der Waals surface area contributed by atoms with E-state index in [-0.39, 0.29) is 43.1 Å². The second-order valence-electron chi connectivity index (χ2n) is 5.30. The number of ketones is 1. The van der Waals surface area contributed by atoms with Gasteiger partial charge in [-0.3, -0.25) is 14.1 Å². The Morgan fingerprint density at radius 1 is 1.12 bits per heavy atom. The quantitative estimate of drug-likeness (QED) is 0.437. The molecular formula is C16H14NNaO5S. The van der Waals surface area contributed by atoms with Crippen molar-refractivity contribution in [1.29, 1.82) is 0 Å². The Kier molecular flexibility index (Phi) is 5.31. The number of Topliss-reactive ketones (excluding diaryl/α,β-unsaturated/α-hetero) is 1. The minimum atomic E-state index is -4.43. The van der Waals surface area contributed by atoms with Crippen LogP contribution in [0.3, 0.4) is 0 Å². The summed E-state index contributed by atoms with van der Waals surface area (Å²) in [6.45, 7) is 2.12. The molecule has 8 heteroatoms. The molecule has 24 heavy (non-hydrogen) atoms. The van der Waals surface area contributed by atoms with Crippen LogP contribution >= 0.6 is 0 Å². The van der Waals surface area contributed by atoms with E-state index in [4.69, 9.17) is 4.55 Å². The first kappa shape index (κ1) is 18.8. The number of carbonyl (C=O) groups excluding carboxylic acids is 2. The summed E-state index contributed by atoms with van der Waals surface area (Å²) in [5.74, 6) is -1.49. The monoisotopic (exact) mass is 355 g/mol. The molecule has 2 aromatic carbocycles. The maximum absolute atomic E-state index is 12.2. The van der Waals surface area contributed by atoms with Gasteiger partial charge in [0.05, 0.1) is 22.7 Å². The van der Waals surface area contributed by atoms with E-state index >= 15 is 0 Å². The van der Waals surface area contributed by atoms with Crippen molar-refractivity contribution in [2.45, 2.75) is 18.4 Å². The third-order valence-corrected chi connectivity index (χ3v) is 4.68. The molecule has 0 aromatic heterocycles. The summed E-state index contributed by atoms with van der Waals surface area (Å²) in [6.07, 6.45) is 0. The molecule has 0 fully saturated rings. The van der Waals surface area contributed by atoms with Crippen LogP contribution in [0, 0.1) is 6.92 Å². The van der Waals surface area contributed by atoms with Gasteiger partial charge in [-0.05, 0) is 36.2 Å². The van der Waals surface area contributed by atoms with Crippen LogP contribution in [0.4, 0.5) is 5.69 Å². The minimum absolute atomic E-state index is 0. The number of carbonyl (C=O) groups is 2. The van der Waals surface area contributed by atoms with Gasteiger partial charge in [-0.1, -0.05) is 24.3 Å². The van der Waals surface area contributed by atoms with Crippen molar-refractivity contribution in [3.63, 3.8) is 0 Å². The van der Waals surface area contributed by atoms with Gasteiger partial charge >= 0.3 is 29.6 Å². The molecule has 1 aliphatic heterocycles. The molecular weight excluding hydrogens is 341 g/mol. The van der Waals surface area contributed by atoms with Crippen LogP contribution in [-0.4, -0.2) is 24.7 Å². The molecule has 0 aliphatic carbocycles. The van der Waals surface area contributed by atoms with Crippen molar-refractivity contribution in [3.8, 4) is 0 Å². The van der Waals surface area contributed by atoms with Crippen molar-refractivity contribution in [2.24, 2.45) is 0 Å². The fourth-order valence-electron chi connectivity index (χ4n) is 2.55. The first-order chi connectivity index (χ1) is 10.8.